The maximum atomic E-state index is 13.4. The first-order valence-electron chi connectivity index (χ1n) is 11.9. The molecule has 2 heterocycles. The minimum atomic E-state index is -0.403. The van der Waals surface area contributed by atoms with E-state index in [4.69, 9.17) is 21.7 Å². The third-order valence-corrected chi connectivity index (χ3v) is 7.13. The second kappa shape index (κ2) is 8.58. The molecule has 176 valence electrons. The van der Waals surface area contributed by atoms with E-state index in [0.717, 1.165) is 41.9 Å². The van der Waals surface area contributed by atoms with Crippen LogP contribution in [0.5, 0.6) is 0 Å². The van der Waals surface area contributed by atoms with Crippen molar-refractivity contribution in [1.82, 2.24) is 14.8 Å². The first kappa shape index (κ1) is 22.7. The lowest BCUT2D eigenvalue weighted by atomic mass is 9.73. The average molecular weight is 476 g/mol. The van der Waals surface area contributed by atoms with Gasteiger partial charge in [0.05, 0.1) is 0 Å². The van der Waals surface area contributed by atoms with Crippen LogP contribution < -0.4 is 10.2 Å². The van der Waals surface area contributed by atoms with Gasteiger partial charge in [-0.05, 0) is 56.0 Å². The third kappa shape index (κ3) is 3.90. The Morgan fingerprint density at radius 3 is 2.47 bits per heavy atom. The third-order valence-electron chi connectivity index (χ3n) is 6.79. The van der Waals surface area contributed by atoms with Crippen molar-refractivity contribution in [3.8, 4) is 11.4 Å². The number of carbonyl (C=O) groups excluding carboxylic acids is 1. The van der Waals surface area contributed by atoms with Gasteiger partial charge in [-0.25, -0.2) is 4.68 Å². The molecule has 1 aliphatic heterocycles. The van der Waals surface area contributed by atoms with Crippen LogP contribution in [0.3, 0.4) is 0 Å². The lowest BCUT2D eigenvalue weighted by Crippen LogP contribution is -2.36. The highest BCUT2D eigenvalue weighted by Gasteiger charge is 2.42. The highest BCUT2D eigenvalue weighted by molar-refractivity contribution is 6.31. The first-order valence-corrected chi connectivity index (χ1v) is 12.3. The summed E-state index contributed by atoms with van der Waals surface area (Å²) in [6.45, 7) is 10.5. The molecule has 2 aromatic carbocycles. The van der Waals surface area contributed by atoms with E-state index in [1.54, 1.807) is 0 Å². The molecule has 6 nitrogen and oxygen atoms in total. The van der Waals surface area contributed by atoms with Crippen molar-refractivity contribution in [1.29, 1.82) is 0 Å². The highest BCUT2D eigenvalue weighted by atomic mass is 35.5. The van der Waals surface area contributed by atoms with Gasteiger partial charge in [0.25, 0.3) is 0 Å². The number of hydrogen-bond donors (Lipinski definition) is 1. The Balaban J connectivity index is 1.60. The second-order valence-electron chi connectivity index (χ2n) is 9.80. The van der Waals surface area contributed by atoms with Crippen LogP contribution in [-0.4, -0.2) is 33.6 Å². The minimum Gasteiger partial charge on any atom is -0.372 e. The van der Waals surface area contributed by atoms with Gasteiger partial charge in [0.15, 0.2) is 11.6 Å². The van der Waals surface area contributed by atoms with Crippen molar-refractivity contribution in [2.45, 2.75) is 46.6 Å². The Kier molecular flexibility index (Phi) is 5.72. The Morgan fingerprint density at radius 2 is 1.79 bits per heavy atom. The van der Waals surface area contributed by atoms with Crippen molar-refractivity contribution in [3.05, 3.63) is 70.4 Å². The lowest BCUT2D eigenvalue weighted by molar-refractivity contribution is -0.118. The number of Topliss-reactive ketones (excluding diaryl/α,β-unsaturated/α-hetero) is 1. The summed E-state index contributed by atoms with van der Waals surface area (Å²) >= 11 is 6.64. The topological polar surface area (TPSA) is 63.1 Å². The normalized spacial score (nSPS) is 18.9. The van der Waals surface area contributed by atoms with E-state index >= 15 is 0 Å². The Bertz CT molecular complexity index is 1270. The second-order valence-corrected chi connectivity index (χ2v) is 10.2. The number of fused-ring (bicyclic) bond motifs is 1. The molecule has 0 saturated carbocycles. The maximum absolute atomic E-state index is 13.4. The summed E-state index contributed by atoms with van der Waals surface area (Å²) in [4.78, 5) is 20.5. The number of hydrogen-bond acceptors (Lipinski definition) is 5. The fourth-order valence-electron chi connectivity index (χ4n) is 5.13. The zero-order valence-corrected chi connectivity index (χ0v) is 20.9. The fourth-order valence-corrected chi connectivity index (χ4v) is 5.36. The number of nitrogens with one attached hydrogen (secondary N) is 1. The number of nitrogens with zero attached hydrogens (tertiary/aromatic N) is 4. The Labute approximate surface area is 205 Å². The van der Waals surface area contributed by atoms with E-state index in [1.807, 2.05) is 28.9 Å². The van der Waals surface area contributed by atoms with Gasteiger partial charge in [-0.15, -0.1) is 5.10 Å². The van der Waals surface area contributed by atoms with Crippen molar-refractivity contribution in [2.75, 3.05) is 23.3 Å². The Morgan fingerprint density at radius 1 is 1.09 bits per heavy atom. The van der Waals surface area contributed by atoms with Crippen LogP contribution in [-0.2, 0) is 4.79 Å². The molecular formula is C27H30ClN5O. The van der Waals surface area contributed by atoms with Crippen LogP contribution in [0.4, 0.5) is 11.6 Å². The summed E-state index contributed by atoms with van der Waals surface area (Å²) in [5, 5.41) is 8.94. The van der Waals surface area contributed by atoms with E-state index in [-0.39, 0.29) is 11.2 Å². The average Bonchev–Trinajstić information content (AvgIpc) is 3.22. The molecule has 1 atom stereocenters. The van der Waals surface area contributed by atoms with Crippen molar-refractivity contribution >= 4 is 29.0 Å². The van der Waals surface area contributed by atoms with E-state index < -0.39 is 6.04 Å². The molecule has 0 saturated heterocycles. The smallest absolute Gasteiger partial charge is 0.226 e. The molecule has 34 heavy (non-hydrogen) atoms. The number of benzene rings is 2. The predicted molar refractivity (Wildman–Crippen MR) is 137 cm³/mol. The van der Waals surface area contributed by atoms with Gasteiger partial charge in [0.2, 0.25) is 5.95 Å². The zero-order valence-electron chi connectivity index (χ0n) is 20.1. The summed E-state index contributed by atoms with van der Waals surface area (Å²) in [7, 11) is 0. The van der Waals surface area contributed by atoms with Crippen LogP contribution in [0, 0.1) is 5.41 Å². The van der Waals surface area contributed by atoms with Crippen LogP contribution in [0.25, 0.3) is 11.4 Å². The molecule has 3 aromatic rings. The monoisotopic (exact) mass is 475 g/mol. The van der Waals surface area contributed by atoms with Crippen LogP contribution in [0.1, 0.15) is 52.1 Å². The van der Waals surface area contributed by atoms with Gasteiger partial charge in [-0.3, -0.25) is 4.79 Å². The summed E-state index contributed by atoms with van der Waals surface area (Å²) in [6.07, 6.45) is 1.27. The molecule has 2 aliphatic rings. The van der Waals surface area contributed by atoms with E-state index in [9.17, 15) is 4.79 Å². The summed E-state index contributed by atoms with van der Waals surface area (Å²) < 4.78 is 1.82. The van der Waals surface area contributed by atoms with E-state index in [1.165, 1.54) is 5.69 Å². The number of halogens is 1. The number of allylic oxidation sites excluding steroid dienone is 2. The molecule has 1 aromatic heterocycles. The molecule has 1 N–H and O–H groups in total. The summed E-state index contributed by atoms with van der Waals surface area (Å²) in [5.74, 6) is 1.39. The Hall–Kier alpha value is -3.12. The molecule has 5 rings (SSSR count). The number of aromatic nitrogens is 3. The van der Waals surface area contributed by atoms with Crippen LogP contribution in [0.2, 0.25) is 5.02 Å². The maximum Gasteiger partial charge on any atom is 0.226 e. The number of rotatable bonds is 5. The fraction of sp³-hybridized carbons (Fsp3) is 0.370. The molecule has 1 aliphatic carbocycles. The van der Waals surface area contributed by atoms with E-state index in [0.29, 0.717) is 23.2 Å². The van der Waals surface area contributed by atoms with Crippen molar-refractivity contribution in [3.63, 3.8) is 0 Å². The van der Waals surface area contributed by atoms with Crippen LogP contribution >= 0.6 is 11.6 Å². The van der Waals surface area contributed by atoms with E-state index in [2.05, 4.69) is 62.2 Å². The molecular weight excluding hydrogens is 446 g/mol. The summed E-state index contributed by atoms with van der Waals surface area (Å²) in [6, 6.07) is 15.6. The SMILES string of the molecule is CCN(CC)c1ccc(-c2nc3n(n2)C(c2ccccc2Cl)C2=C(CC(C)(C)CC2=O)N3)cc1. The highest BCUT2D eigenvalue weighted by Crippen LogP contribution is 2.46. The zero-order chi connectivity index (χ0) is 24.0. The van der Waals surface area contributed by atoms with Gasteiger partial charge in [-0.1, -0.05) is 43.6 Å². The van der Waals surface area contributed by atoms with Gasteiger partial charge in [-0.2, -0.15) is 4.98 Å². The van der Waals surface area contributed by atoms with Gasteiger partial charge in [0.1, 0.15) is 6.04 Å². The number of carbonyl (C=O) groups is 1. The molecule has 0 bridgehead atoms. The molecule has 7 heteroatoms. The molecule has 0 radical (unpaired) electrons. The van der Waals surface area contributed by atoms with Gasteiger partial charge >= 0.3 is 0 Å². The molecule has 0 spiro atoms. The first-order chi connectivity index (χ1) is 16.3. The van der Waals surface area contributed by atoms with Crippen molar-refractivity contribution < 1.29 is 4.79 Å². The number of ketones is 1. The standard InChI is InChI=1S/C27H30ClN5O/c1-5-32(6-2)18-13-11-17(12-14-18)25-30-26-29-21-15-27(3,4)16-22(34)23(21)24(33(26)31-25)19-9-7-8-10-20(19)28/h7-14,24H,5-6,15-16H2,1-4H3,(H,29,30,31). The lowest BCUT2D eigenvalue weighted by Gasteiger charge is -2.38. The van der Waals surface area contributed by atoms with Crippen molar-refractivity contribution in [2.24, 2.45) is 5.41 Å². The molecule has 1 unspecified atom stereocenters. The minimum absolute atomic E-state index is 0.112. The van der Waals surface area contributed by atoms with Gasteiger partial charge < -0.3 is 10.2 Å². The molecule has 0 amide bonds. The van der Waals surface area contributed by atoms with Crippen LogP contribution in [0.15, 0.2) is 59.8 Å². The largest absolute Gasteiger partial charge is 0.372 e. The predicted octanol–water partition coefficient (Wildman–Crippen LogP) is 6.10. The number of anilines is 2. The molecule has 0 fully saturated rings. The summed E-state index contributed by atoms with van der Waals surface area (Å²) in [5.41, 5.74) is 4.53. The quantitative estimate of drug-likeness (QED) is 0.482. The van der Waals surface area contributed by atoms with Gasteiger partial charge in [0, 0.05) is 52.6 Å².